The molecule has 0 saturated heterocycles. The molecule has 7 heteroatoms. The third kappa shape index (κ3) is 4.11. The molecule has 1 amide bonds. The monoisotopic (exact) mass is 307 g/mol. The van der Waals surface area contributed by atoms with E-state index in [0.717, 1.165) is 16.3 Å². The van der Waals surface area contributed by atoms with E-state index in [9.17, 15) is 4.79 Å². The van der Waals surface area contributed by atoms with Crippen LogP contribution in [0.2, 0.25) is 0 Å². The van der Waals surface area contributed by atoms with Crippen molar-refractivity contribution in [3.63, 3.8) is 0 Å². The molecule has 6 nitrogen and oxygen atoms in total. The highest BCUT2D eigenvalue weighted by Gasteiger charge is 2.16. The Hall–Kier alpha value is -2.24. The fourth-order valence-corrected chi connectivity index (χ4v) is 2.37. The van der Waals surface area contributed by atoms with Gasteiger partial charge in [-0.2, -0.15) is 9.59 Å². The van der Waals surface area contributed by atoms with E-state index < -0.39 is 0 Å². The van der Waals surface area contributed by atoms with E-state index in [0.29, 0.717) is 12.2 Å². The fraction of sp³-hybridized carbons (Fsp3) is 0.357. The third-order valence-corrected chi connectivity index (χ3v) is 3.73. The van der Waals surface area contributed by atoms with Crippen molar-refractivity contribution >= 4 is 23.4 Å². The number of aromatic nitrogens is 2. The summed E-state index contributed by atoms with van der Waals surface area (Å²) in [6.45, 7) is 4.65. The second-order valence-electron chi connectivity index (χ2n) is 4.38. The SMILES string of the molecule is CCN(C)C(=O)c1cc(-c2csc(C)n2)cn1C.O=C=O. The number of thiazole rings is 1. The van der Waals surface area contributed by atoms with Gasteiger partial charge in [-0.05, 0) is 19.9 Å². The Morgan fingerprint density at radius 2 is 2.10 bits per heavy atom. The van der Waals surface area contributed by atoms with Crippen LogP contribution in [0.3, 0.4) is 0 Å². The zero-order chi connectivity index (χ0) is 16.0. The second kappa shape index (κ2) is 7.52. The molecule has 0 bridgehead atoms. The molecule has 0 N–H and O–H groups in total. The van der Waals surface area contributed by atoms with E-state index in [1.807, 2.05) is 50.2 Å². The summed E-state index contributed by atoms with van der Waals surface area (Å²) in [5.74, 6) is 0.0400. The van der Waals surface area contributed by atoms with Gasteiger partial charge in [0, 0.05) is 37.8 Å². The number of aryl methyl sites for hydroxylation is 2. The molecule has 0 aromatic carbocycles. The van der Waals surface area contributed by atoms with Crippen molar-refractivity contribution in [2.24, 2.45) is 7.05 Å². The predicted molar refractivity (Wildman–Crippen MR) is 78.9 cm³/mol. The Labute approximate surface area is 127 Å². The number of nitrogens with zero attached hydrogens (tertiary/aromatic N) is 3. The van der Waals surface area contributed by atoms with Crippen molar-refractivity contribution in [2.75, 3.05) is 13.6 Å². The van der Waals surface area contributed by atoms with Gasteiger partial charge in [-0.3, -0.25) is 4.79 Å². The summed E-state index contributed by atoms with van der Waals surface area (Å²) in [7, 11) is 3.70. The van der Waals surface area contributed by atoms with Crippen LogP contribution in [0.4, 0.5) is 0 Å². The maximum absolute atomic E-state index is 12.1. The highest BCUT2D eigenvalue weighted by molar-refractivity contribution is 7.09. The van der Waals surface area contributed by atoms with Gasteiger partial charge in [-0.1, -0.05) is 0 Å². The smallest absolute Gasteiger partial charge is 0.346 e. The van der Waals surface area contributed by atoms with Crippen LogP contribution < -0.4 is 0 Å². The van der Waals surface area contributed by atoms with Gasteiger partial charge < -0.3 is 9.47 Å². The molecule has 0 fully saturated rings. The minimum atomic E-state index is 0.0400. The van der Waals surface area contributed by atoms with E-state index in [-0.39, 0.29) is 12.1 Å². The lowest BCUT2D eigenvalue weighted by atomic mass is 10.2. The van der Waals surface area contributed by atoms with E-state index in [2.05, 4.69) is 4.98 Å². The molecule has 0 atom stereocenters. The zero-order valence-corrected chi connectivity index (χ0v) is 13.2. The van der Waals surface area contributed by atoms with Crippen molar-refractivity contribution in [3.8, 4) is 11.3 Å². The van der Waals surface area contributed by atoms with Gasteiger partial charge >= 0.3 is 6.15 Å². The summed E-state index contributed by atoms with van der Waals surface area (Å²) in [5.41, 5.74) is 2.63. The molecular weight excluding hydrogens is 290 g/mol. The van der Waals surface area contributed by atoms with Gasteiger partial charge in [0.05, 0.1) is 10.7 Å². The van der Waals surface area contributed by atoms with Gasteiger partial charge in [-0.15, -0.1) is 11.3 Å². The minimum Gasteiger partial charge on any atom is -0.346 e. The number of amides is 1. The lowest BCUT2D eigenvalue weighted by molar-refractivity contribution is -0.191. The second-order valence-corrected chi connectivity index (χ2v) is 5.44. The molecule has 2 heterocycles. The first-order valence-electron chi connectivity index (χ1n) is 6.28. The number of hydrogen-bond donors (Lipinski definition) is 0. The molecule has 112 valence electrons. The molecule has 0 radical (unpaired) electrons. The highest BCUT2D eigenvalue weighted by Crippen LogP contribution is 2.23. The van der Waals surface area contributed by atoms with Crippen LogP contribution in [0.5, 0.6) is 0 Å². The van der Waals surface area contributed by atoms with Gasteiger partial charge in [0.1, 0.15) is 5.69 Å². The summed E-state index contributed by atoms with van der Waals surface area (Å²) in [6.07, 6.45) is 2.20. The molecule has 0 aliphatic carbocycles. The molecule has 0 aliphatic rings. The molecule has 2 aromatic rings. The average Bonchev–Trinajstić information content (AvgIpc) is 3.04. The highest BCUT2D eigenvalue weighted by atomic mass is 32.1. The first-order chi connectivity index (χ1) is 9.94. The lowest BCUT2D eigenvalue weighted by Gasteiger charge is -2.14. The Kier molecular flexibility index (Phi) is 6.02. The largest absolute Gasteiger partial charge is 0.373 e. The van der Waals surface area contributed by atoms with Crippen LogP contribution in [-0.4, -0.2) is 40.1 Å². The lowest BCUT2D eigenvalue weighted by Crippen LogP contribution is -2.27. The van der Waals surface area contributed by atoms with E-state index in [4.69, 9.17) is 9.59 Å². The topological polar surface area (TPSA) is 72.3 Å². The molecule has 0 aliphatic heterocycles. The Morgan fingerprint density at radius 1 is 1.48 bits per heavy atom. The van der Waals surface area contributed by atoms with Gasteiger partial charge in [0.15, 0.2) is 0 Å². The van der Waals surface area contributed by atoms with Gasteiger partial charge in [0.2, 0.25) is 0 Å². The molecule has 21 heavy (non-hydrogen) atoms. The number of carbonyl (C=O) groups is 1. The molecule has 0 saturated carbocycles. The summed E-state index contributed by atoms with van der Waals surface area (Å²) >= 11 is 1.62. The van der Waals surface area contributed by atoms with Crippen molar-refractivity contribution < 1.29 is 14.4 Å². The quantitative estimate of drug-likeness (QED) is 0.869. The molecule has 0 spiro atoms. The first kappa shape index (κ1) is 16.8. The van der Waals surface area contributed by atoms with Crippen LogP contribution in [0.1, 0.15) is 22.4 Å². The van der Waals surface area contributed by atoms with Crippen molar-refractivity contribution in [1.29, 1.82) is 0 Å². The third-order valence-electron chi connectivity index (χ3n) is 2.96. The first-order valence-corrected chi connectivity index (χ1v) is 7.16. The van der Waals surface area contributed by atoms with Crippen molar-refractivity contribution in [1.82, 2.24) is 14.5 Å². The molecular formula is C14H17N3O3S. The standard InChI is InChI=1S/C13H17N3OS.CO2/c1-5-15(3)13(17)12-6-10(7-16(12)4)11-8-18-9(2)14-11;2-1-3/h6-8H,5H2,1-4H3;. The van der Waals surface area contributed by atoms with E-state index in [1.54, 1.807) is 16.2 Å². The zero-order valence-electron chi connectivity index (χ0n) is 12.4. The van der Waals surface area contributed by atoms with Crippen LogP contribution in [0, 0.1) is 6.92 Å². The van der Waals surface area contributed by atoms with Crippen molar-refractivity contribution in [2.45, 2.75) is 13.8 Å². The molecule has 0 unspecified atom stereocenters. The summed E-state index contributed by atoms with van der Waals surface area (Å²) in [5, 5.41) is 3.05. The molecule has 2 aromatic heterocycles. The molecule has 2 rings (SSSR count). The van der Waals surface area contributed by atoms with Crippen LogP contribution in [0.15, 0.2) is 17.6 Å². The summed E-state index contributed by atoms with van der Waals surface area (Å²) < 4.78 is 1.86. The van der Waals surface area contributed by atoms with Crippen LogP contribution in [0.25, 0.3) is 11.3 Å². The minimum absolute atomic E-state index is 0.0400. The Morgan fingerprint density at radius 3 is 2.57 bits per heavy atom. The van der Waals surface area contributed by atoms with Crippen LogP contribution in [-0.2, 0) is 16.6 Å². The average molecular weight is 307 g/mol. The van der Waals surface area contributed by atoms with Gasteiger partial charge in [0.25, 0.3) is 5.91 Å². The fourth-order valence-electron chi connectivity index (χ4n) is 1.75. The van der Waals surface area contributed by atoms with E-state index in [1.165, 1.54) is 0 Å². The Bertz CT molecular complexity index is 654. The number of hydrogen-bond acceptors (Lipinski definition) is 5. The van der Waals surface area contributed by atoms with Crippen molar-refractivity contribution in [3.05, 3.63) is 28.3 Å². The van der Waals surface area contributed by atoms with Gasteiger partial charge in [-0.25, -0.2) is 4.98 Å². The van der Waals surface area contributed by atoms with E-state index >= 15 is 0 Å². The maximum Gasteiger partial charge on any atom is 0.373 e. The summed E-state index contributed by atoms with van der Waals surface area (Å²) in [6, 6.07) is 1.91. The van der Waals surface area contributed by atoms with Crippen LogP contribution >= 0.6 is 11.3 Å². The Balaban J connectivity index is 0.000000677. The number of carbonyl (C=O) groups excluding carboxylic acids is 3. The normalized spacial score (nSPS) is 9.52. The predicted octanol–water partition coefficient (Wildman–Crippen LogP) is 1.97. The number of rotatable bonds is 3. The summed E-state index contributed by atoms with van der Waals surface area (Å²) in [4.78, 5) is 34.5. The maximum atomic E-state index is 12.1.